The number of rotatable bonds is 6. The lowest BCUT2D eigenvalue weighted by atomic mass is 10.2. The van der Waals surface area contributed by atoms with Crippen LogP contribution in [0.1, 0.15) is 32.4 Å². The number of hydrogen-bond donors (Lipinski definition) is 1. The van der Waals surface area contributed by atoms with Gasteiger partial charge in [0, 0.05) is 70.1 Å². The summed E-state index contributed by atoms with van der Waals surface area (Å²) in [5.74, 6) is 3.51. The molecule has 0 aromatic carbocycles. The van der Waals surface area contributed by atoms with Gasteiger partial charge in [0.1, 0.15) is 11.6 Å². The highest BCUT2D eigenvalue weighted by Gasteiger charge is 2.22. The highest BCUT2D eigenvalue weighted by molar-refractivity contribution is 14.0. The number of hydrogen-bond acceptors (Lipinski definition) is 6. The number of imidazole rings is 1. The summed E-state index contributed by atoms with van der Waals surface area (Å²) < 4.78 is 6.61. The molecule has 1 saturated heterocycles. The van der Waals surface area contributed by atoms with E-state index in [4.69, 9.17) is 0 Å². The van der Waals surface area contributed by atoms with Crippen molar-refractivity contribution < 1.29 is 0 Å². The second-order valence-electron chi connectivity index (χ2n) is 7.11. The maximum Gasteiger partial charge on any atom is 0.205 e. The van der Waals surface area contributed by atoms with Gasteiger partial charge >= 0.3 is 0 Å². The number of nitrogens with zero attached hydrogens (tertiary/aromatic N) is 7. The van der Waals surface area contributed by atoms with E-state index in [1.165, 1.54) is 11.5 Å². The van der Waals surface area contributed by atoms with Crippen molar-refractivity contribution in [2.75, 3.05) is 38.1 Å². The Morgan fingerprint density at radius 3 is 2.64 bits per heavy atom. The Morgan fingerprint density at radius 2 is 2.04 bits per heavy atom. The third-order valence-electron chi connectivity index (χ3n) is 4.60. The first-order valence-corrected chi connectivity index (χ1v) is 10.4. The van der Waals surface area contributed by atoms with Crippen LogP contribution >= 0.6 is 35.5 Å². The minimum atomic E-state index is 0. The summed E-state index contributed by atoms with van der Waals surface area (Å²) in [6.45, 7) is 11.9. The zero-order valence-corrected chi connectivity index (χ0v) is 20.3. The quantitative estimate of drug-likeness (QED) is 0.360. The molecule has 1 fully saturated rings. The first-order chi connectivity index (χ1) is 13.1. The second-order valence-corrected chi connectivity index (χ2v) is 7.84. The molecule has 2 aromatic heterocycles. The third-order valence-corrected chi connectivity index (χ3v) is 5.42. The number of halogens is 1. The Morgan fingerprint density at radius 1 is 1.29 bits per heavy atom. The lowest BCUT2D eigenvalue weighted by Gasteiger charge is -2.36. The molecule has 1 aliphatic heterocycles. The Kier molecular flexibility index (Phi) is 8.93. The van der Waals surface area contributed by atoms with Crippen LogP contribution in [0.4, 0.5) is 5.13 Å². The third kappa shape index (κ3) is 5.79. The van der Waals surface area contributed by atoms with E-state index in [2.05, 4.69) is 59.8 Å². The summed E-state index contributed by atoms with van der Waals surface area (Å²) >= 11 is 1.50. The van der Waals surface area contributed by atoms with E-state index < -0.39 is 0 Å². The minimum absolute atomic E-state index is 0. The zero-order chi connectivity index (χ0) is 19.2. The van der Waals surface area contributed by atoms with Crippen LogP contribution in [0.25, 0.3) is 0 Å². The first kappa shape index (κ1) is 22.9. The fourth-order valence-corrected chi connectivity index (χ4v) is 3.98. The zero-order valence-electron chi connectivity index (χ0n) is 17.1. The van der Waals surface area contributed by atoms with Gasteiger partial charge in [-0.25, -0.2) is 9.97 Å². The summed E-state index contributed by atoms with van der Waals surface area (Å²) in [7, 11) is 1.84. The van der Waals surface area contributed by atoms with Gasteiger partial charge in [-0.2, -0.15) is 4.37 Å². The van der Waals surface area contributed by atoms with Crippen LogP contribution in [0.5, 0.6) is 0 Å². The van der Waals surface area contributed by atoms with Crippen LogP contribution in [0.3, 0.4) is 0 Å². The summed E-state index contributed by atoms with van der Waals surface area (Å²) in [6, 6.07) is 0. The maximum absolute atomic E-state index is 4.60. The van der Waals surface area contributed by atoms with E-state index in [-0.39, 0.29) is 24.0 Å². The van der Waals surface area contributed by atoms with Crippen molar-refractivity contribution in [3.8, 4) is 0 Å². The van der Waals surface area contributed by atoms with Gasteiger partial charge in [-0.1, -0.05) is 20.8 Å². The smallest absolute Gasteiger partial charge is 0.205 e. The number of aliphatic imine (C=N–C) groups is 1. The van der Waals surface area contributed by atoms with Crippen molar-refractivity contribution in [3.63, 3.8) is 0 Å². The average molecular weight is 518 g/mol. The Hall–Kier alpha value is -1.43. The maximum atomic E-state index is 4.60. The molecule has 1 N–H and O–H groups in total. The van der Waals surface area contributed by atoms with Gasteiger partial charge < -0.3 is 19.7 Å². The van der Waals surface area contributed by atoms with Gasteiger partial charge in [-0.15, -0.1) is 24.0 Å². The molecule has 2 aromatic rings. The molecule has 0 saturated carbocycles. The molecule has 10 heteroatoms. The molecule has 3 heterocycles. The molecule has 1 aliphatic rings. The molecule has 0 amide bonds. The van der Waals surface area contributed by atoms with Crippen molar-refractivity contribution >= 4 is 46.6 Å². The Balaban J connectivity index is 0.00000280. The summed E-state index contributed by atoms with van der Waals surface area (Å²) in [4.78, 5) is 18.2. The largest absolute Gasteiger partial charge is 0.349 e. The molecule has 0 bridgehead atoms. The first-order valence-electron chi connectivity index (χ1n) is 9.63. The molecule has 0 aliphatic carbocycles. The highest BCUT2D eigenvalue weighted by Crippen LogP contribution is 2.19. The van der Waals surface area contributed by atoms with Crippen LogP contribution in [-0.4, -0.2) is 63.0 Å². The number of aromatic nitrogens is 4. The topological polar surface area (TPSA) is 74.5 Å². The van der Waals surface area contributed by atoms with Gasteiger partial charge in [-0.05, 0) is 5.92 Å². The van der Waals surface area contributed by atoms with Crippen molar-refractivity contribution in [1.29, 1.82) is 0 Å². The Bertz CT molecular complexity index is 748. The van der Waals surface area contributed by atoms with E-state index in [1.54, 1.807) is 0 Å². The average Bonchev–Trinajstić information content (AvgIpc) is 3.32. The summed E-state index contributed by atoms with van der Waals surface area (Å²) in [5.41, 5.74) is 0. The molecular weight excluding hydrogens is 487 g/mol. The number of nitrogens with one attached hydrogen (secondary N) is 1. The van der Waals surface area contributed by atoms with E-state index in [1.807, 2.05) is 19.4 Å². The lowest BCUT2D eigenvalue weighted by molar-refractivity contribution is 0.371. The molecule has 0 atom stereocenters. The summed E-state index contributed by atoms with van der Waals surface area (Å²) in [5, 5.41) is 4.50. The number of guanidine groups is 1. The van der Waals surface area contributed by atoms with Gasteiger partial charge in [0.2, 0.25) is 5.13 Å². The van der Waals surface area contributed by atoms with Gasteiger partial charge in [0.05, 0.1) is 6.54 Å². The van der Waals surface area contributed by atoms with Gasteiger partial charge in [-0.3, -0.25) is 4.99 Å². The standard InChI is InChI=1S/C18H30N8S.HI/c1-5-15-22-18(27-23-15)25-10-8-24(9-11-25)17(19-4)21-12-16-20-6-7-26(16)13-14(2)3;/h6-7,14H,5,8-13H2,1-4H3,(H,19,21);1H. The predicted molar refractivity (Wildman–Crippen MR) is 126 cm³/mol. The summed E-state index contributed by atoms with van der Waals surface area (Å²) in [6.07, 6.45) is 4.80. The molecule has 8 nitrogen and oxygen atoms in total. The van der Waals surface area contributed by atoms with Gasteiger partial charge in [0.25, 0.3) is 0 Å². The SMILES string of the molecule is CCc1nsc(N2CCN(C(=NC)NCc3nccn3CC(C)C)CC2)n1.I. The fourth-order valence-electron chi connectivity index (χ4n) is 3.18. The van der Waals surface area contributed by atoms with E-state index >= 15 is 0 Å². The van der Waals surface area contributed by atoms with Crippen LogP contribution in [0.15, 0.2) is 17.4 Å². The van der Waals surface area contributed by atoms with Crippen molar-refractivity contribution in [2.45, 2.75) is 40.3 Å². The molecular formula is C18H31IN8S. The molecule has 28 heavy (non-hydrogen) atoms. The van der Waals surface area contributed by atoms with Crippen LogP contribution < -0.4 is 10.2 Å². The van der Waals surface area contributed by atoms with Gasteiger partial charge in [0.15, 0.2) is 5.96 Å². The van der Waals surface area contributed by atoms with E-state index in [0.29, 0.717) is 12.5 Å². The van der Waals surface area contributed by atoms with Crippen molar-refractivity contribution in [3.05, 3.63) is 24.0 Å². The fraction of sp³-hybridized carbons (Fsp3) is 0.667. The molecule has 156 valence electrons. The number of aryl methyl sites for hydroxylation is 1. The van der Waals surface area contributed by atoms with Crippen molar-refractivity contribution in [2.24, 2.45) is 10.9 Å². The molecule has 0 radical (unpaired) electrons. The van der Waals surface area contributed by atoms with Crippen molar-refractivity contribution in [1.82, 2.24) is 29.1 Å². The minimum Gasteiger partial charge on any atom is -0.349 e. The van der Waals surface area contributed by atoms with Crippen LogP contribution in [0.2, 0.25) is 0 Å². The molecule has 0 spiro atoms. The van der Waals surface area contributed by atoms with E-state index in [0.717, 1.165) is 61.9 Å². The monoisotopic (exact) mass is 518 g/mol. The van der Waals surface area contributed by atoms with E-state index in [9.17, 15) is 0 Å². The predicted octanol–water partition coefficient (Wildman–Crippen LogP) is 2.47. The molecule has 0 unspecified atom stereocenters. The van der Waals surface area contributed by atoms with Crippen LogP contribution in [0, 0.1) is 5.92 Å². The number of piperazine rings is 1. The molecule has 3 rings (SSSR count). The van der Waals surface area contributed by atoms with Crippen LogP contribution in [-0.2, 0) is 19.5 Å². The Labute approximate surface area is 188 Å². The highest BCUT2D eigenvalue weighted by atomic mass is 127. The normalized spacial score (nSPS) is 15.1. The second kappa shape index (κ2) is 10.9. The number of anilines is 1. The lowest BCUT2D eigenvalue weighted by Crippen LogP contribution is -2.52.